The number of aromatic nitrogens is 4. The van der Waals surface area contributed by atoms with E-state index >= 15 is 0 Å². The number of amides is 1. The Hall–Kier alpha value is -4.98. The van der Waals surface area contributed by atoms with E-state index in [2.05, 4.69) is 25.7 Å². The van der Waals surface area contributed by atoms with E-state index in [1.54, 1.807) is 29.1 Å². The van der Waals surface area contributed by atoms with Gasteiger partial charge in [-0.05, 0) is 61.5 Å². The van der Waals surface area contributed by atoms with Crippen LogP contribution in [0.25, 0.3) is 5.82 Å². The Bertz CT molecular complexity index is 1430. The van der Waals surface area contributed by atoms with Gasteiger partial charge in [0.2, 0.25) is 0 Å². The highest BCUT2D eigenvalue weighted by Crippen LogP contribution is 2.26. The average molecular weight is 463 g/mol. The summed E-state index contributed by atoms with van der Waals surface area (Å²) in [5.74, 6) is 2.84. The Morgan fingerprint density at radius 1 is 0.857 bits per heavy atom. The lowest BCUT2D eigenvalue weighted by Gasteiger charge is -2.12. The van der Waals surface area contributed by atoms with E-state index in [4.69, 9.17) is 4.74 Å². The predicted molar refractivity (Wildman–Crippen MR) is 135 cm³/mol. The molecule has 5 rings (SSSR count). The summed E-state index contributed by atoms with van der Waals surface area (Å²) in [4.78, 5) is 21.8. The lowest BCUT2D eigenvalue weighted by atomic mass is 10.1. The summed E-state index contributed by atoms with van der Waals surface area (Å²) in [5.41, 5.74) is 1.92. The third-order valence-electron chi connectivity index (χ3n) is 5.08. The standard InChI is InChI=1S/C27H22N6O2/c1-19-29-25(18-26(30-19)33-17-7-16-28-33)31-20-12-14-21(15-13-20)32-27(34)23-10-5-6-11-24(23)35-22-8-3-2-4-9-22/h2-18H,1H3,(H,32,34)(H,29,30,31). The minimum absolute atomic E-state index is 0.257. The first-order chi connectivity index (χ1) is 17.1. The van der Waals surface area contributed by atoms with E-state index in [1.807, 2.05) is 85.9 Å². The quantitative estimate of drug-likeness (QED) is 0.319. The Labute approximate surface area is 202 Å². The zero-order chi connectivity index (χ0) is 24.0. The SMILES string of the molecule is Cc1nc(Nc2ccc(NC(=O)c3ccccc3Oc3ccccc3)cc2)cc(-n2cccn2)n1. The predicted octanol–water partition coefficient (Wildman–Crippen LogP) is 5.76. The maximum Gasteiger partial charge on any atom is 0.259 e. The van der Waals surface area contributed by atoms with Crippen molar-refractivity contribution in [2.75, 3.05) is 10.6 Å². The summed E-state index contributed by atoms with van der Waals surface area (Å²) < 4.78 is 7.59. The fourth-order valence-corrected chi connectivity index (χ4v) is 3.48. The lowest BCUT2D eigenvalue weighted by molar-refractivity contribution is 0.102. The van der Waals surface area contributed by atoms with Crippen molar-refractivity contribution in [1.29, 1.82) is 0 Å². The average Bonchev–Trinajstić information content (AvgIpc) is 3.41. The van der Waals surface area contributed by atoms with E-state index in [9.17, 15) is 4.79 Å². The van der Waals surface area contributed by atoms with Gasteiger partial charge in [-0.3, -0.25) is 4.79 Å². The number of anilines is 3. The number of benzene rings is 3. The molecule has 0 spiro atoms. The molecule has 172 valence electrons. The fraction of sp³-hybridized carbons (Fsp3) is 0.0370. The molecule has 0 saturated carbocycles. The number of carbonyl (C=O) groups is 1. The number of nitrogens with zero attached hydrogens (tertiary/aromatic N) is 4. The van der Waals surface area contributed by atoms with Gasteiger partial charge < -0.3 is 15.4 Å². The summed E-state index contributed by atoms with van der Waals surface area (Å²) in [6, 6.07) is 27.6. The van der Waals surface area contributed by atoms with E-state index < -0.39 is 0 Å². The van der Waals surface area contributed by atoms with Crippen LogP contribution in [0.5, 0.6) is 11.5 Å². The van der Waals surface area contributed by atoms with Crippen LogP contribution in [0.4, 0.5) is 17.2 Å². The van der Waals surface area contributed by atoms with Gasteiger partial charge in [0.1, 0.15) is 23.1 Å². The summed E-state index contributed by atoms with van der Waals surface area (Å²) >= 11 is 0. The smallest absolute Gasteiger partial charge is 0.259 e. The molecule has 2 N–H and O–H groups in total. The van der Waals surface area contributed by atoms with Crippen LogP contribution < -0.4 is 15.4 Å². The minimum Gasteiger partial charge on any atom is -0.457 e. The summed E-state index contributed by atoms with van der Waals surface area (Å²) in [7, 11) is 0. The lowest BCUT2D eigenvalue weighted by Crippen LogP contribution is -2.13. The Morgan fingerprint density at radius 3 is 2.37 bits per heavy atom. The normalized spacial score (nSPS) is 10.5. The molecule has 0 atom stereocenters. The highest BCUT2D eigenvalue weighted by atomic mass is 16.5. The van der Waals surface area contributed by atoms with Crippen LogP contribution in [-0.4, -0.2) is 25.7 Å². The molecular weight excluding hydrogens is 440 g/mol. The van der Waals surface area contributed by atoms with Crippen molar-refractivity contribution in [2.24, 2.45) is 0 Å². The van der Waals surface area contributed by atoms with Gasteiger partial charge in [-0.1, -0.05) is 30.3 Å². The molecular formula is C27H22N6O2. The zero-order valence-corrected chi connectivity index (χ0v) is 18.9. The van der Waals surface area contributed by atoms with Gasteiger partial charge in [0, 0.05) is 29.8 Å². The van der Waals surface area contributed by atoms with Crippen molar-refractivity contribution in [3.05, 3.63) is 115 Å². The molecule has 0 radical (unpaired) electrons. The minimum atomic E-state index is -0.257. The first-order valence-corrected chi connectivity index (χ1v) is 11.0. The third-order valence-corrected chi connectivity index (χ3v) is 5.08. The molecule has 0 unspecified atom stereocenters. The molecule has 0 aliphatic carbocycles. The second kappa shape index (κ2) is 9.88. The van der Waals surface area contributed by atoms with Crippen LogP contribution in [0, 0.1) is 6.92 Å². The fourth-order valence-electron chi connectivity index (χ4n) is 3.48. The Balaban J connectivity index is 1.28. The van der Waals surface area contributed by atoms with Crippen LogP contribution in [0.2, 0.25) is 0 Å². The van der Waals surface area contributed by atoms with E-state index in [0.717, 1.165) is 5.69 Å². The molecule has 0 saturated heterocycles. The summed E-state index contributed by atoms with van der Waals surface area (Å²) in [6.07, 6.45) is 3.52. The van der Waals surface area contributed by atoms with E-state index in [0.29, 0.717) is 40.2 Å². The molecule has 2 heterocycles. The molecule has 8 heteroatoms. The van der Waals surface area contributed by atoms with Gasteiger partial charge in [0.15, 0.2) is 5.82 Å². The molecule has 0 aliphatic rings. The molecule has 0 bridgehead atoms. The number of ether oxygens (including phenoxy) is 1. The first-order valence-electron chi connectivity index (χ1n) is 11.0. The molecule has 2 aromatic heterocycles. The maximum atomic E-state index is 13.0. The molecule has 1 amide bonds. The van der Waals surface area contributed by atoms with E-state index in [-0.39, 0.29) is 5.91 Å². The van der Waals surface area contributed by atoms with Crippen molar-refractivity contribution in [2.45, 2.75) is 6.92 Å². The van der Waals surface area contributed by atoms with Crippen LogP contribution in [0.3, 0.4) is 0 Å². The number of rotatable bonds is 7. The topological polar surface area (TPSA) is 94.0 Å². The molecule has 0 fully saturated rings. The number of hydrogen-bond donors (Lipinski definition) is 2. The second-order valence-electron chi connectivity index (χ2n) is 7.68. The van der Waals surface area contributed by atoms with Gasteiger partial charge in [-0.15, -0.1) is 0 Å². The highest BCUT2D eigenvalue weighted by Gasteiger charge is 2.13. The van der Waals surface area contributed by atoms with Crippen LogP contribution >= 0.6 is 0 Å². The zero-order valence-electron chi connectivity index (χ0n) is 18.9. The highest BCUT2D eigenvalue weighted by molar-refractivity contribution is 6.06. The summed E-state index contributed by atoms with van der Waals surface area (Å²) in [6.45, 7) is 1.83. The van der Waals surface area contributed by atoms with Crippen LogP contribution in [0.15, 0.2) is 103 Å². The third kappa shape index (κ3) is 5.33. The van der Waals surface area contributed by atoms with E-state index in [1.165, 1.54) is 0 Å². The molecule has 5 aromatic rings. The number of aryl methyl sites for hydroxylation is 1. The van der Waals surface area contributed by atoms with Crippen molar-refractivity contribution in [3.8, 4) is 17.3 Å². The van der Waals surface area contributed by atoms with Gasteiger partial charge in [0.05, 0.1) is 5.56 Å². The van der Waals surface area contributed by atoms with Crippen molar-refractivity contribution >= 4 is 23.1 Å². The van der Waals surface area contributed by atoms with Crippen molar-refractivity contribution in [1.82, 2.24) is 19.7 Å². The largest absolute Gasteiger partial charge is 0.457 e. The monoisotopic (exact) mass is 462 g/mol. The number of hydrogen-bond acceptors (Lipinski definition) is 6. The number of nitrogens with one attached hydrogen (secondary N) is 2. The maximum absolute atomic E-state index is 13.0. The van der Waals surface area contributed by atoms with Gasteiger partial charge in [-0.25, -0.2) is 14.6 Å². The molecule has 8 nitrogen and oxygen atoms in total. The van der Waals surface area contributed by atoms with Crippen molar-refractivity contribution in [3.63, 3.8) is 0 Å². The van der Waals surface area contributed by atoms with Gasteiger partial charge >= 0.3 is 0 Å². The first kappa shape index (κ1) is 21.8. The molecule has 35 heavy (non-hydrogen) atoms. The van der Waals surface area contributed by atoms with Crippen LogP contribution in [0.1, 0.15) is 16.2 Å². The van der Waals surface area contributed by atoms with Crippen LogP contribution in [-0.2, 0) is 0 Å². The molecule has 3 aromatic carbocycles. The number of para-hydroxylation sites is 2. The Morgan fingerprint density at radius 2 is 1.60 bits per heavy atom. The molecule has 0 aliphatic heterocycles. The Kier molecular flexibility index (Phi) is 6.17. The van der Waals surface area contributed by atoms with Crippen molar-refractivity contribution < 1.29 is 9.53 Å². The number of carbonyl (C=O) groups excluding carboxylic acids is 1. The summed E-state index contributed by atoms with van der Waals surface area (Å²) in [5, 5.41) is 10.4. The van der Waals surface area contributed by atoms with Gasteiger partial charge in [-0.2, -0.15) is 5.10 Å². The van der Waals surface area contributed by atoms with Gasteiger partial charge in [0.25, 0.3) is 5.91 Å². The second-order valence-corrected chi connectivity index (χ2v) is 7.68.